The first-order valence-corrected chi connectivity index (χ1v) is 12.3. The van der Waals surface area contributed by atoms with E-state index in [1.54, 1.807) is 4.90 Å². The van der Waals surface area contributed by atoms with E-state index in [9.17, 15) is 12.9 Å². The van der Waals surface area contributed by atoms with Gasteiger partial charge in [-0.15, -0.1) is 3.89 Å². The van der Waals surface area contributed by atoms with Crippen molar-refractivity contribution in [2.24, 2.45) is 16.0 Å². The maximum atomic E-state index is 14.6. The van der Waals surface area contributed by atoms with Gasteiger partial charge in [-0.3, -0.25) is 4.79 Å². The summed E-state index contributed by atoms with van der Waals surface area (Å²) in [5, 5.41) is 0.0327. The van der Waals surface area contributed by atoms with E-state index in [1.165, 1.54) is 12.1 Å². The molecule has 2 heterocycles. The molecule has 0 bridgehead atoms. The summed E-state index contributed by atoms with van der Waals surface area (Å²) in [6, 6.07) is 12.2. The molecule has 4 rings (SSSR count). The Bertz CT molecular complexity index is 1100. The van der Waals surface area contributed by atoms with Gasteiger partial charge in [0.05, 0.1) is 34.4 Å². The summed E-state index contributed by atoms with van der Waals surface area (Å²) in [5.41, 5.74) is 6.60. The molecule has 172 valence electrons. The lowest BCUT2D eigenvalue weighted by Crippen LogP contribution is -2.51. The highest BCUT2D eigenvalue weighted by molar-refractivity contribution is 7.86. The van der Waals surface area contributed by atoms with Gasteiger partial charge in [-0.25, -0.2) is 0 Å². The van der Waals surface area contributed by atoms with Crippen LogP contribution in [0.15, 0.2) is 46.8 Å². The van der Waals surface area contributed by atoms with Crippen molar-refractivity contribution in [1.82, 2.24) is 9.21 Å². The number of nitrogens with two attached hydrogens (primary N) is 1. The highest BCUT2D eigenvalue weighted by Crippen LogP contribution is 2.34. The van der Waals surface area contributed by atoms with E-state index in [4.69, 9.17) is 33.7 Å². The fourth-order valence-corrected chi connectivity index (χ4v) is 5.63. The first-order valence-electron chi connectivity index (χ1n) is 10.2. The number of nitrogens with zero attached hydrogens (tertiary/aromatic N) is 3. The minimum Gasteiger partial charge on any atom is -0.370 e. The fourth-order valence-electron chi connectivity index (χ4n) is 3.72. The van der Waals surface area contributed by atoms with Crippen LogP contribution in [0.4, 0.5) is 9.57 Å². The summed E-state index contributed by atoms with van der Waals surface area (Å²) < 4.78 is 37.6. The normalized spacial score (nSPS) is 21.6. The fraction of sp³-hybridized carbons (Fsp3) is 0.381. The molecule has 2 aliphatic rings. The molecule has 32 heavy (non-hydrogen) atoms. The van der Waals surface area contributed by atoms with Crippen LogP contribution in [0.2, 0.25) is 10.0 Å². The van der Waals surface area contributed by atoms with Crippen molar-refractivity contribution >= 4 is 45.1 Å². The van der Waals surface area contributed by atoms with E-state index in [0.717, 1.165) is 9.87 Å². The van der Waals surface area contributed by atoms with E-state index in [0.29, 0.717) is 26.2 Å². The maximum absolute atomic E-state index is 14.6. The maximum Gasteiger partial charge on any atom is 0.275 e. The summed E-state index contributed by atoms with van der Waals surface area (Å²) in [4.78, 5) is 14.8. The van der Waals surface area contributed by atoms with Crippen molar-refractivity contribution in [3.8, 4) is 0 Å². The minimum atomic E-state index is -4.12. The Morgan fingerprint density at radius 1 is 1.19 bits per heavy atom. The molecular formula is C21H23Cl2FN4O3S. The number of halogens is 3. The van der Waals surface area contributed by atoms with E-state index in [-0.39, 0.29) is 52.3 Å². The second-order valence-electron chi connectivity index (χ2n) is 7.78. The largest absolute Gasteiger partial charge is 0.370 e. The van der Waals surface area contributed by atoms with Gasteiger partial charge in [0.15, 0.2) is 0 Å². The summed E-state index contributed by atoms with van der Waals surface area (Å²) in [6.45, 7) is 2.04. The molecule has 11 heteroatoms. The lowest BCUT2D eigenvalue weighted by Gasteiger charge is -2.36. The number of rotatable bonds is 5. The molecule has 0 saturated carbocycles. The van der Waals surface area contributed by atoms with Gasteiger partial charge >= 0.3 is 0 Å². The topological polar surface area (TPSA) is 88.2 Å². The van der Waals surface area contributed by atoms with E-state index in [2.05, 4.69) is 4.36 Å². The van der Waals surface area contributed by atoms with Crippen LogP contribution < -0.4 is 5.73 Å². The molecule has 2 aromatic carbocycles. The van der Waals surface area contributed by atoms with E-state index >= 15 is 0 Å². The molecule has 2 saturated heterocycles. The number of benzene rings is 2. The molecule has 0 radical (unpaired) electrons. The van der Waals surface area contributed by atoms with Gasteiger partial charge in [0.2, 0.25) is 0 Å². The van der Waals surface area contributed by atoms with Crippen molar-refractivity contribution in [3.63, 3.8) is 0 Å². The zero-order chi connectivity index (χ0) is 22.9. The predicted molar refractivity (Wildman–Crippen MR) is 123 cm³/mol. The van der Waals surface area contributed by atoms with Crippen LogP contribution in [0.25, 0.3) is 0 Å². The quantitative estimate of drug-likeness (QED) is 0.628. The van der Waals surface area contributed by atoms with E-state index < -0.39 is 10.3 Å². The number of carbonyl (C=O) groups is 1. The third kappa shape index (κ3) is 4.93. The number of hydrogen-bond acceptors (Lipinski definition) is 5. The van der Waals surface area contributed by atoms with Gasteiger partial charge in [-0.1, -0.05) is 53.5 Å². The first-order chi connectivity index (χ1) is 15.3. The highest BCUT2D eigenvalue weighted by atomic mass is 35.5. The molecule has 1 amide bonds. The molecule has 2 fully saturated rings. The van der Waals surface area contributed by atoms with Gasteiger partial charge in [-0.05, 0) is 30.2 Å². The average molecular weight is 501 g/mol. The van der Waals surface area contributed by atoms with Gasteiger partial charge in [0, 0.05) is 19.6 Å². The Hall–Kier alpha value is -1.75. The van der Waals surface area contributed by atoms with Crippen LogP contribution in [0.5, 0.6) is 0 Å². The van der Waals surface area contributed by atoms with E-state index in [1.807, 2.05) is 30.3 Å². The third-order valence-electron chi connectivity index (χ3n) is 5.56. The van der Waals surface area contributed by atoms with Crippen molar-refractivity contribution in [1.29, 1.82) is 0 Å². The summed E-state index contributed by atoms with van der Waals surface area (Å²) >= 11 is 12.7. The zero-order valence-electron chi connectivity index (χ0n) is 17.1. The van der Waals surface area contributed by atoms with Crippen LogP contribution in [0.1, 0.15) is 22.0 Å². The Morgan fingerprint density at radius 2 is 1.84 bits per heavy atom. The predicted octanol–water partition coefficient (Wildman–Crippen LogP) is 4.00. The molecule has 2 N–H and O–H groups in total. The van der Waals surface area contributed by atoms with Gasteiger partial charge in [-0.2, -0.15) is 12.9 Å². The third-order valence-corrected chi connectivity index (χ3v) is 7.53. The van der Waals surface area contributed by atoms with Gasteiger partial charge < -0.3 is 15.4 Å². The molecule has 1 unspecified atom stereocenters. The van der Waals surface area contributed by atoms with Crippen molar-refractivity contribution in [3.05, 3.63) is 63.6 Å². The van der Waals surface area contributed by atoms with Gasteiger partial charge in [0.25, 0.3) is 16.2 Å². The van der Waals surface area contributed by atoms with Crippen molar-refractivity contribution in [2.75, 3.05) is 39.3 Å². The number of carbonyl (C=O) groups excluding carboxylic acids is 1. The lowest BCUT2D eigenvalue weighted by atomic mass is 10.0. The van der Waals surface area contributed by atoms with Crippen LogP contribution >= 0.6 is 23.2 Å². The number of hydrogen-bond donors (Lipinski definition) is 1. The van der Waals surface area contributed by atoms with Crippen LogP contribution in [0.3, 0.4) is 0 Å². The Balaban J connectivity index is 1.54. The van der Waals surface area contributed by atoms with Gasteiger partial charge in [0.1, 0.15) is 6.10 Å². The molecule has 2 atom stereocenters. The zero-order valence-corrected chi connectivity index (χ0v) is 19.5. The number of amides is 1. The van der Waals surface area contributed by atoms with Crippen molar-refractivity contribution in [2.45, 2.75) is 6.10 Å². The molecule has 2 aliphatic heterocycles. The Morgan fingerprint density at radius 3 is 2.47 bits per heavy atom. The van der Waals surface area contributed by atoms with Crippen LogP contribution in [0, 0.1) is 5.92 Å². The SMILES string of the molecule is NCC1CN(S(=O)(F)=Nc2cc(Cl)c(C(=O)N3CCO[C@@H](c4ccccc4)C3)c(Cl)c2)C1. The second kappa shape index (κ2) is 9.62. The summed E-state index contributed by atoms with van der Waals surface area (Å²) in [5.74, 6) is -0.257. The number of ether oxygens (including phenoxy) is 1. The Kier molecular flexibility index (Phi) is 7.04. The first kappa shape index (κ1) is 23.4. The average Bonchev–Trinajstić information content (AvgIpc) is 2.72. The monoisotopic (exact) mass is 500 g/mol. The minimum absolute atomic E-state index is 0.00406. The second-order valence-corrected chi connectivity index (χ2v) is 10.2. The number of morpholine rings is 1. The highest BCUT2D eigenvalue weighted by Gasteiger charge is 2.34. The van der Waals surface area contributed by atoms with Crippen LogP contribution in [-0.2, 0) is 15.0 Å². The molecule has 0 aliphatic carbocycles. The standard InChI is InChI=1S/C21H23Cl2FN4O3S/c22-17-8-16(26-32(24,30)28-11-14(10-25)12-28)9-18(23)20(17)21(29)27-6-7-31-19(13-27)15-4-2-1-3-5-15/h1-5,8-9,14,19H,6-7,10-13,25H2/t19-,32?/m1/s1. The molecule has 2 aromatic rings. The molecule has 0 aromatic heterocycles. The molecule has 7 nitrogen and oxygen atoms in total. The summed E-state index contributed by atoms with van der Waals surface area (Å²) in [6.07, 6.45) is -0.259. The molecule has 0 spiro atoms. The van der Waals surface area contributed by atoms with Crippen LogP contribution in [-0.4, -0.2) is 58.7 Å². The van der Waals surface area contributed by atoms with Crippen molar-refractivity contribution < 1.29 is 17.6 Å². The molecular weight excluding hydrogens is 478 g/mol. The summed E-state index contributed by atoms with van der Waals surface area (Å²) in [7, 11) is -4.12. The smallest absolute Gasteiger partial charge is 0.275 e. The lowest BCUT2D eigenvalue weighted by molar-refractivity contribution is -0.0228. The Labute approximate surface area is 196 Å².